The molecule has 1 aromatic carbocycles. The van der Waals surface area contributed by atoms with Gasteiger partial charge >= 0.3 is 0 Å². The van der Waals surface area contributed by atoms with E-state index in [1.54, 1.807) is 32.5 Å². The maximum absolute atomic E-state index is 10.3. The van der Waals surface area contributed by atoms with Crippen LogP contribution in [0.4, 0.5) is 0 Å². The minimum atomic E-state index is -0.684. The third-order valence-corrected chi connectivity index (χ3v) is 3.60. The number of aryl methyl sites for hydroxylation is 1. The second kappa shape index (κ2) is 5.37. The van der Waals surface area contributed by atoms with E-state index in [1.165, 1.54) is 11.3 Å². The molecule has 0 aliphatic carbocycles. The van der Waals surface area contributed by atoms with Gasteiger partial charge in [-0.15, -0.1) is 11.3 Å². The molecule has 96 valence electrons. The maximum atomic E-state index is 10.3. The van der Waals surface area contributed by atoms with Crippen LogP contribution in [0.2, 0.25) is 0 Å². The number of hydrogen-bond donors (Lipinski definition) is 1. The van der Waals surface area contributed by atoms with Crippen molar-refractivity contribution < 1.29 is 14.6 Å². The van der Waals surface area contributed by atoms with Crippen LogP contribution >= 0.6 is 11.3 Å². The first kappa shape index (κ1) is 12.9. The minimum absolute atomic E-state index is 0.607. The Balaban J connectivity index is 2.33. The summed E-state index contributed by atoms with van der Waals surface area (Å²) in [5.74, 6) is 1.25. The van der Waals surface area contributed by atoms with Crippen molar-refractivity contribution in [3.05, 3.63) is 39.8 Å². The van der Waals surface area contributed by atoms with Gasteiger partial charge < -0.3 is 14.6 Å². The highest BCUT2D eigenvalue weighted by Crippen LogP contribution is 2.33. The summed E-state index contributed by atoms with van der Waals surface area (Å²) in [7, 11) is 3.16. The quantitative estimate of drug-likeness (QED) is 0.923. The van der Waals surface area contributed by atoms with Crippen molar-refractivity contribution in [3.63, 3.8) is 0 Å². The predicted octanol–water partition coefficient (Wildman–Crippen LogP) is 2.55. The van der Waals surface area contributed by atoms with Gasteiger partial charge in [-0.05, 0) is 24.6 Å². The highest BCUT2D eigenvalue weighted by atomic mass is 32.1. The number of nitrogens with zero attached hydrogens (tertiary/aromatic N) is 1. The number of ether oxygens (including phenoxy) is 2. The van der Waals surface area contributed by atoms with Gasteiger partial charge in [-0.2, -0.15) is 0 Å². The Morgan fingerprint density at radius 2 is 1.94 bits per heavy atom. The molecule has 2 aromatic rings. The van der Waals surface area contributed by atoms with Crippen molar-refractivity contribution in [2.45, 2.75) is 13.0 Å². The smallest absolute Gasteiger partial charge is 0.161 e. The maximum Gasteiger partial charge on any atom is 0.161 e. The number of benzene rings is 1. The van der Waals surface area contributed by atoms with Gasteiger partial charge in [0.1, 0.15) is 6.10 Å². The minimum Gasteiger partial charge on any atom is -0.493 e. The van der Waals surface area contributed by atoms with Gasteiger partial charge in [0.15, 0.2) is 11.5 Å². The fourth-order valence-electron chi connectivity index (χ4n) is 1.69. The number of hydrogen-bond acceptors (Lipinski definition) is 5. The van der Waals surface area contributed by atoms with Gasteiger partial charge in [0, 0.05) is 6.20 Å². The van der Waals surface area contributed by atoms with Gasteiger partial charge in [-0.25, -0.2) is 4.98 Å². The molecule has 1 heterocycles. The molecule has 0 aliphatic rings. The third-order valence-electron chi connectivity index (χ3n) is 2.63. The zero-order valence-corrected chi connectivity index (χ0v) is 11.3. The number of aliphatic hydroxyl groups is 1. The van der Waals surface area contributed by atoms with Crippen LogP contribution in [0.3, 0.4) is 0 Å². The Morgan fingerprint density at radius 1 is 1.22 bits per heavy atom. The molecular weight excluding hydrogens is 250 g/mol. The molecule has 0 fully saturated rings. The molecule has 0 saturated carbocycles. The molecule has 0 bridgehead atoms. The van der Waals surface area contributed by atoms with Crippen molar-refractivity contribution in [1.82, 2.24) is 4.98 Å². The highest BCUT2D eigenvalue weighted by Gasteiger charge is 2.15. The predicted molar refractivity (Wildman–Crippen MR) is 70.5 cm³/mol. The SMILES string of the molecule is COc1ccc(C(O)c2cnc(C)s2)cc1OC. The van der Waals surface area contributed by atoms with Crippen LogP contribution < -0.4 is 9.47 Å². The molecule has 0 amide bonds. The molecule has 1 N–H and O–H groups in total. The van der Waals surface area contributed by atoms with Crippen LogP contribution in [-0.2, 0) is 0 Å². The van der Waals surface area contributed by atoms with Crippen molar-refractivity contribution in [3.8, 4) is 11.5 Å². The normalized spacial score (nSPS) is 12.2. The molecule has 0 aliphatic heterocycles. The molecule has 4 nitrogen and oxygen atoms in total. The van der Waals surface area contributed by atoms with Gasteiger partial charge in [0.05, 0.1) is 24.1 Å². The standard InChI is InChI=1S/C13H15NO3S/c1-8-14-7-12(18-8)13(15)9-4-5-10(16-2)11(6-9)17-3/h4-7,13,15H,1-3H3. The Hall–Kier alpha value is -1.59. The number of aromatic nitrogens is 1. The molecule has 1 aromatic heterocycles. The summed E-state index contributed by atoms with van der Waals surface area (Å²) < 4.78 is 10.4. The van der Waals surface area contributed by atoms with Crippen LogP contribution in [0.25, 0.3) is 0 Å². The fourth-order valence-corrected chi connectivity index (χ4v) is 2.49. The first-order chi connectivity index (χ1) is 8.65. The summed E-state index contributed by atoms with van der Waals surface area (Å²) in [6, 6.07) is 5.38. The summed E-state index contributed by atoms with van der Waals surface area (Å²) in [6.45, 7) is 1.91. The number of aliphatic hydroxyl groups excluding tert-OH is 1. The Kier molecular flexibility index (Phi) is 3.84. The molecule has 18 heavy (non-hydrogen) atoms. The summed E-state index contributed by atoms with van der Waals surface area (Å²) in [6.07, 6.45) is 1.01. The zero-order valence-electron chi connectivity index (χ0n) is 10.5. The average molecular weight is 265 g/mol. The molecule has 2 rings (SSSR count). The van der Waals surface area contributed by atoms with E-state index < -0.39 is 6.10 Å². The Labute approximate surface area is 110 Å². The highest BCUT2D eigenvalue weighted by molar-refractivity contribution is 7.11. The second-order valence-electron chi connectivity index (χ2n) is 3.80. The summed E-state index contributed by atoms with van der Waals surface area (Å²) in [5, 5.41) is 11.2. The Morgan fingerprint density at radius 3 is 2.50 bits per heavy atom. The topological polar surface area (TPSA) is 51.6 Å². The lowest BCUT2D eigenvalue weighted by Crippen LogP contribution is -1.99. The van der Waals surface area contributed by atoms with E-state index in [0.29, 0.717) is 11.5 Å². The number of thiazole rings is 1. The monoisotopic (exact) mass is 265 g/mol. The molecule has 0 saturated heterocycles. The van der Waals surface area contributed by atoms with Gasteiger partial charge in [-0.1, -0.05) is 6.07 Å². The largest absolute Gasteiger partial charge is 0.493 e. The van der Waals surface area contributed by atoms with Crippen LogP contribution in [0, 0.1) is 6.92 Å². The lowest BCUT2D eigenvalue weighted by Gasteiger charge is -2.12. The number of rotatable bonds is 4. The molecule has 1 atom stereocenters. The number of methoxy groups -OCH3 is 2. The first-order valence-electron chi connectivity index (χ1n) is 5.48. The molecule has 1 unspecified atom stereocenters. The molecule has 0 radical (unpaired) electrons. The van der Waals surface area contributed by atoms with E-state index in [-0.39, 0.29) is 0 Å². The molecule has 5 heteroatoms. The van der Waals surface area contributed by atoms with E-state index in [0.717, 1.165) is 15.4 Å². The van der Waals surface area contributed by atoms with Crippen molar-refractivity contribution in [2.75, 3.05) is 14.2 Å². The first-order valence-corrected chi connectivity index (χ1v) is 6.29. The van der Waals surface area contributed by atoms with E-state index in [9.17, 15) is 5.11 Å². The molecule has 0 spiro atoms. The van der Waals surface area contributed by atoms with Gasteiger partial charge in [0.2, 0.25) is 0 Å². The van der Waals surface area contributed by atoms with Gasteiger partial charge in [0.25, 0.3) is 0 Å². The average Bonchev–Trinajstić information content (AvgIpc) is 2.83. The summed E-state index contributed by atoms with van der Waals surface area (Å²) in [4.78, 5) is 4.96. The third kappa shape index (κ3) is 2.47. The van der Waals surface area contributed by atoms with Crippen molar-refractivity contribution in [1.29, 1.82) is 0 Å². The van der Waals surface area contributed by atoms with Crippen LogP contribution in [0.5, 0.6) is 11.5 Å². The van der Waals surface area contributed by atoms with Crippen LogP contribution in [-0.4, -0.2) is 24.3 Å². The van der Waals surface area contributed by atoms with E-state index in [1.807, 2.05) is 13.0 Å². The van der Waals surface area contributed by atoms with Crippen LogP contribution in [0.15, 0.2) is 24.4 Å². The Bertz CT molecular complexity index is 539. The van der Waals surface area contributed by atoms with Crippen molar-refractivity contribution >= 4 is 11.3 Å². The van der Waals surface area contributed by atoms with E-state index in [2.05, 4.69) is 4.98 Å². The van der Waals surface area contributed by atoms with Gasteiger partial charge in [-0.3, -0.25) is 0 Å². The van der Waals surface area contributed by atoms with E-state index >= 15 is 0 Å². The fraction of sp³-hybridized carbons (Fsp3) is 0.308. The molecular formula is C13H15NO3S. The zero-order chi connectivity index (χ0) is 13.1. The summed E-state index contributed by atoms with van der Waals surface area (Å²) in [5.41, 5.74) is 0.760. The summed E-state index contributed by atoms with van der Waals surface area (Å²) >= 11 is 1.48. The van der Waals surface area contributed by atoms with E-state index in [4.69, 9.17) is 9.47 Å². The lowest BCUT2D eigenvalue weighted by atomic mass is 10.1. The van der Waals surface area contributed by atoms with Crippen LogP contribution in [0.1, 0.15) is 21.6 Å². The van der Waals surface area contributed by atoms with Crippen molar-refractivity contribution in [2.24, 2.45) is 0 Å². The second-order valence-corrected chi connectivity index (χ2v) is 5.06. The lowest BCUT2D eigenvalue weighted by molar-refractivity contribution is 0.223.